The lowest BCUT2D eigenvalue weighted by molar-refractivity contribution is 0.150. The number of hydrogen-bond acceptors (Lipinski definition) is 1. The van der Waals surface area contributed by atoms with E-state index in [4.69, 9.17) is 0 Å². The number of hydrogen-bond donors (Lipinski definition) is 0. The molecule has 2 unspecified atom stereocenters. The minimum Gasteiger partial charge on any atom is -0.304 e. The second kappa shape index (κ2) is 12.4. The Bertz CT molecular complexity index is 248. The zero-order valence-corrected chi connectivity index (χ0v) is 16.9. The molecule has 0 aliphatic heterocycles. The Morgan fingerprint density at radius 3 is 2.00 bits per heavy atom. The lowest BCUT2D eigenvalue weighted by atomic mass is 9.70. The SMILES string of the molecule is CCCCCCCCC(C)(CC)C(C)CCCN(C)C(C)C. The van der Waals surface area contributed by atoms with Crippen molar-refractivity contribution in [3.63, 3.8) is 0 Å². The first kappa shape index (κ1) is 22.0. The highest BCUT2D eigenvalue weighted by Gasteiger charge is 2.28. The molecule has 0 aromatic carbocycles. The van der Waals surface area contributed by atoms with Gasteiger partial charge in [-0.1, -0.05) is 72.6 Å². The van der Waals surface area contributed by atoms with Crippen LogP contribution in [-0.4, -0.2) is 24.5 Å². The zero-order valence-electron chi connectivity index (χ0n) is 16.9. The molecule has 0 saturated carbocycles. The molecule has 22 heavy (non-hydrogen) atoms. The molecule has 0 radical (unpaired) electrons. The van der Waals surface area contributed by atoms with E-state index in [1.165, 1.54) is 70.8 Å². The molecule has 0 N–H and O–H groups in total. The Balaban J connectivity index is 4.00. The van der Waals surface area contributed by atoms with Gasteiger partial charge in [0.25, 0.3) is 0 Å². The minimum absolute atomic E-state index is 0.557. The first-order chi connectivity index (χ1) is 10.4. The first-order valence-electron chi connectivity index (χ1n) is 10.1. The maximum Gasteiger partial charge on any atom is 0.00355 e. The summed E-state index contributed by atoms with van der Waals surface area (Å²) in [6.45, 7) is 15.6. The van der Waals surface area contributed by atoms with Crippen LogP contribution in [0.15, 0.2) is 0 Å². The highest BCUT2D eigenvalue weighted by Crippen LogP contribution is 2.39. The predicted octanol–water partition coefficient (Wildman–Crippen LogP) is 6.91. The molecule has 0 aliphatic carbocycles. The van der Waals surface area contributed by atoms with Gasteiger partial charge in [-0.05, 0) is 58.0 Å². The van der Waals surface area contributed by atoms with Crippen molar-refractivity contribution in [2.45, 2.75) is 112 Å². The smallest absolute Gasteiger partial charge is 0.00355 e. The van der Waals surface area contributed by atoms with E-state index < -0.39 is 0 Å². The van der Waals surface area contributed by atoms with Crippen LogP contribution in [-0.2, 0) is 0 Å². The first-order valence-corrected chi connectivity index (χ1v) is 10.1. The standard InChI is InChI=1S/C21H45N/c1-8-10-11-12-13-14-17-21(6,9-2)20(5)16-15-18-22(7)19(3)4/h19-20H,8-18H2,1-7H3. The van der Waals surface area contributed by atoms with Crippen LogP contribution in [0.4, 0.5) is 0 Å². The molecular weight excluding hydrogens is 266 g/mol. The van der Waals surface area contributed by atoms with Crippen LogP contribution in [0.25, 0.3) is 0 Å². The third kappa shape index (κ3) is 9.18. The van der Waals surface area contributed by atoms with Gasteiger partial charge < -0.3 is 4.90 Å². The summed E-state index contributed by atoms with van der Waals surface area (Å²) >= 11 is 0. The van der Waals surface area contributed by atoms with E-state index in [1.54, 1.807) is 0 Å². The molecule has 0 aliphatic rings. The van der Waals surface area contributed by atoms with Crippen LogP contribution >= 0.6 is 0 Å². The molecule has 0 fully saturated rings. The quantitative estimate of drug-likeness (QED) is 0.315. The van der Waals surface area contributed by atoms with Crippen molar-refractivity contribution >= 4 is 0 Å². The fourth-order valence-electron chi connectivity index (χ4n) is 3.33. The Morgan fingerprint density at radius 2 is 1.45 bits per heavy atom. The molecule has 0 heterocycles. The summed E-state index contributed by atoms with van der Waals surface area (Å²) in [6.07, 6.45) is 14.0. The van der Waals surface area contributed by atoms with Gasteiger partial charge in [0.1, 0.15) is 0 Å². The molecular formula is C21H45N. The highest BCUT2D eigenvalue weighted by atomic mass is 15.1. The molecule has 0 saturated heterocycles. The maximum absolute atomic E-state index is 2.54. The average Bonchev–Trinajstić information content (AvgIpc) is 2.49. The van der Waals surface area contributed by atoms with Gasteiger partial charge in [-0.15, -0.1) is 0 Å². The number of nitrogens with zero attached hydrogens (tertiary/aromatic N) is 1. The molecule has 0 rings (SSSR count). The van der Waals surface area contributed by atoms with Crippen molar-refractivity contribution in [2.75, 3.05) is 13.6 Å². The molecule has 0 amide bonds. The van der Waals surface area contributed by atoms with Crippen LogP contribution in [0.3, 0.4) is 0 Å². The second-order valence-corrected chi connectivity index (χ2v) is 8.14. The third-order valence-electron chi connectivity index (χ3n) is 6.13. The van der Waals surface area contributed by atoms with E-state index in [1.807, 2.05) is 0 Å². The van der Waals surface area contributed by atoms with E-state index in [2.05, 4.69) is 53.5 Å². The summed E-state index contributed by atoms with van der Waals surface area (Å²) in [7, 11) is 2.25. The van der Waals surface area contributed by atoms with Gasteiger partial charge in [0, 0.05) is 6.04 Å². The maximum atomic E-state index is 2.54. The van der Waals surface area contributed by atoms with Crippen molar-refractivity contribution in [3.8, 4) is 0 Å². The Morgan fingerprint density at radius 1 is 0.864 bits per heavy atom. The summed E-state index contributed by atoms with van der Waals surface area (Å²) < 4.78 is 0. The summed E-state index contributed by atoms with van der Waals surface area (Å²) in [5.41, 5.74) is 0.557. The molecule has 1 heteroatoms. The molecule has 0 aromatic heterocycles. The normalized spacial score (nSPS) is 16.2. The monoisotopic (exact) mass is 311 g/mol. The summed E-state index contributed by atoms with van der Waals surface area (Å²) in [4.78, 5) is 2.48. The van der Waals surface area contributed by atoms with E-state index in [-0.39, 0.29) is 0 Å². The molecule has 0 spiro atoms. The van der Waals surface area contributed by atoms with E-state index >= 15 is 0 Å². The largest absolute Gasteiger partial charge is 0.304 e. The topological polar surface area (TPSA) is 3.24 Å². The fourth-order valence-corrected chi connectivity index (χ4v) is 3.33. The van der Waals surface area contributed by atoms with Crippen LogP contribution < -0.4 is 0 Å². The van der Waals surface area contributed by atoms with Gasteiger partial charge in [0.05, 0.1) is 0 Å². The van der Waals surface area contributed by atoms with Gasteiger partial charge in [-0.2, -0.15) is 0 Å². The van der Waals surface area contributed by atoms with Crippen molar-refractivity contribution < 1.29 is 0 Å². The van der Waals surface area contributed by atoms with Gasteiger partial charge in [0.2, 0.25) is 0 Å². The van der Waals surface area contributed by atoms with Gasteiger partial charge in [-0.3, -0.25) is 0 Å². The van der Waals surface area contributed by atoms with Crippen LogP contribution in [0.2, 0.25) is 0 Å². The van der Waals surface area contributed by atoms with E-state index in [0.717, 1.165) is 5.92 Å². The molecule has 0 aromatic rings. The fraction of sp³-hybridized carbons (Fsp3) is 1.00. The molecule has 1 nitrogen and oxygen atoms in total. The van der Waals surface area contributed by atoms with Crippen molar-refractivity contribution in [1.82, 2.24) is 4.90 Å². The van der Waals surface area contributed by atoms with E-state index in [0.29, 0.717) is 11.5 Å². The van der Waals surface area contributed by atoms with Gasteiger partial charge in [-0.25, -0.2) is 0 Å². The summed E-state index contributed by atoms with van der Waals surface area (Å²) in [5, 5.41) is 0. The Hall–Kier alpha value is -0.0400. The molecule has 134 valence electrons. The third-order valence-corrected chi connectivity index (χ3v) is 6.13. The van der Waals surface area contributed by atoms with Gasteiger partial charge in [0.15, 0.2) is 0 Å². The van der Waals surface area contributed by atoms with E-state index in [9.17, 15) is 0 Å². The predicted molar refractivity (Wildman–Crippen MR) is 103 cm³/mol. The molecule has 0 bridgehead atoms. The summed E-state index contributed by atoms with van der Waals surface area (Å²) in [5.74, 6) is 0.855. The van der Waals surface area contributed by atoms with Crippen molar-refractivity contribution in [2.24, 2.45) is 11.3 Å². The average molecular weight is 312 g/mol. The summed E-state index contributed by atoms with van der Waals surface area (Å²) in [6, 6.07) is 0.677. The lowest BCUT2D eigenvalue weighted by Crippen LogP contribution is -2.29. The zero-order chi connectivity index (χ0) is 17.0. The molecule has 2 atom stereocenters. The Kier molecular flexibility index (Phi) is 12.4. The number of unbranched alkanes of at least 4 members (excludes halogenated alkanes) is 5. The Labute approximate surface area is 142 Å². The minimum atomic E-state index is 0.557. The van der Waals surface area contributed by atoms with Crippen LogP contribution in [0.1, 0.15) is 106 Å². The second-order valence-electron chi connectivity index (χ2n) is 8.14. The van der Waals surface area contributed by atoms with Crippen molar-refractivity contribution in [3.05, 3.63) is 0 Å². The van der Waals surface area contributed by atoms with Gasteiger partial charge >= 0.3 is 0 Å². The van der Waals surface area contributed by atoms with Crippen molar-refractivity contribution in [1.29, 1.82) is 0 Å². The van der Waals surface area contributed by atoms with Crippen LogP contribution in [0, 0.1) is 11.3 Å². The van der Waals surface area contributed by atoms with Crippen LogP contribution in [0.5, 0.6) is 0 Å². The highest BCUT2D eigenvalue weighted by molar-refractivity contribution is 4.79. The lowest BCUT2D eigenvalue weighted by Gasteiger charge is -2.36. The number of rotatable bonds is 14.